The van der Waals surface area contributed by atoms with E-state index < -0.39 is 5.97 Å². The first kappa shape index (κ1) is 20.3. The largest absolute Gasteiger partial charge is 0.465 e. The van der Waals surface area contributed by atoms with Gasteiger partial charge in [-0.1, -0.05) is 0 Å². The van der Waals surface area contributed by atoms with Gasteiger partial charge in [-0.15, -0.1) is 0 Å². The highest BCUT2D eigenvalue weighted by atomic mass is 16.5. The number of rotatable bonds is 5. The quantitative estimate of drug-likeness (QED) is 0.363. The Morgan fingerprint density at radius 1 is 1.13 bits per heavy atom. The number of hydrogen-bond donors (Lipinski definition) is 0. The van der Waals surface area contributed by atoms with Gasteiger partial charge in [0.1, 0.15) is 11.7 Å². The van der Waals surface area contributed by atoms with Gasteiger partial charge in [0.25, 0.3) is 5.56 Å². The summed E-state index contributed by atoms with van der Waals surface area (Å²) in [7, 11) is 3.04. The minimum absolute atomic E-state index is 0.123. The van der Waals surface area contributed by atoms with Crippen LogP contribution in [0.4, 0.5) is 0 Å². The molecule has 0 unspecified atom stereocenters. The Kier molecular flexibility index (Phi) is 5.02. The van der Waals surface area contributed by atoms with E-state index in [9.17, 15) is 14.4 Å². The van der Waals surface area contributed by atoms with Crippen molar-refractivity contribution in [1.29, 1.82) is 0 Å². The Hall–Kier alpha value is -4.01. The number of fused-ring (bicyclic) bond motifs is 1. The van der Waals surface area contributed by atoms with Gasteiger partial charge in [-0.05, 0) is 44.2 Å². The first-order valence-corrected chi connectivity index (χ1v) is 9.60. The first-order chi connectivity index (χ1) is 14.8. The molecule has 3 aromatic heterocycles. The molecule has 0 saturated heterocycles. The fourth-order valence-electron chi connectivity index (χ4n) is 3.73. The number of benzene rings is 1. The molecule has 0 bridgehead atoms. The molecule has 0 aliphatic rings. The number of aromatic nitrogens is 5. The predicted molar refractivity (Wildman–Crippen MR) is 114 cm³/mol. The second-order valence-electron chi connectivity index (χ2n) is 7.26. The van der Waals surface area contributed by atoms with E-state index >= 15 is 0 Å². The van der Waals surface area contributed by atoms with Crippen LogP contribution in [0.5, 0.6) is 0 Å². The summed E-state index contributed by atoms with van der Waals surface area (Å²) in [5.41, 5.74) is 3.56. The zero-order valence-corrected chi connectivity index (χ0v) is 17.6. The van der Waals surface area contributed by atoms with E-state index in [0.717, 1.165) is 17.1 Å². The molecule has 4 rings (SSSR count). The second-order valence-corrected chi connectivity index (χ2v) is 7.26. The second kappa shape index (κ2) is 7.67. The number of carbonyl (C=O) groups excluding carboxylic acids is 2. The fourth-order valence-corrected chi connectivity index (χ4v) is 3.73. The van der Waals surface area contributed by atoms with Crippen molar-refractivity contribution in [1.82, 2.24) is 23.9 Å². The summed E-state index contributed by atoms with van der Waals surface area (Å²) in [5, 5.41) is 4.41. The average molecular weight is 419 g/mol. The monoisotopic (exact) mass is 419 g/mol. The molecule has 31 heavy (non-hydrogen) atoms. The number of aryl methyl sites for hydroxylation is 2. The van der Waals surface area contributed by atoms with E-state index in [2.05, 4.69) is 10.1 Å². The molecule has 0 amide bonds. The van der Waals surface area contributed by atoms with E-state index in [1.165, 1.54) is 28.9 Å². The van der Waals surface area contributed by atoms with Gasteiger partial charge in [0.2, 0.25) is 0 Å². The molecule has 0 fully saturated rings. The SMILES string of the molecule is COC(=O)c1ccc(-n2c(C)cc(C(=O)Cn3cnc4c(cnn4C)c3=O)c2C)cc1. The number of Topliss-reactive ketones (excluding diaryl/α,β-unsaturated/α-hetero) is 1. The van der Waals surface area contributed by atoms with Crippen LogP contribution in [-0.4, -0.2) is 42.8 Å². The van der Waals surface area contributed by atoms with Gasteiger partial charge in [0, 0.05) is 29.7 Å². The summed E-state index contributed by atoms with van der Waals surface area (Å²) in [4.78, 5) is 41.6. The van der Waals surface area contributed by atoms with Crippen molar-refractivity contribution < 1.29 is 14.3 Å². The standard InChI is InChI=1S/C22H21N5O4/c1-13-9-17(14(2)27(13)16-7-5-15(6-8-16)22(30)31-4)19(28)11-26-12-23-20-18(21(26)29)10-24-25(20)3/h5-10,12H,11H2,1-4H3. The predicted octanol–water partition coefficient (Wildman–Crippen LogP) is 2.21. The highest BCUT2D eigenvalue weighted by molar-refractivity contribution is 5.97. The van der Waals surface area contributed by atoms with Crippen molar-refractivity contribution in [2.45, 2.75) is 20.4 Å². The minimum atomic E-state index is -0.409. The zero-order valence-electron chi connectivity index (χ0n) is 17.6. The minimum Gasteiger partial charge on any atom is -0.465 e. The van der Waals surface area contributed by atoms with Crippen LogP contribution in [0.3, 0.4) is 0 Å². The van der Waals surface area contributed by atoms with E-state index in [1.54, 1.807) is 37.4 Å². The average Bonchev–Trinajstić information content (AvgIpc) is 3.29. The Morgan fingerprint density at radius 2 is 1.84 bits per heavy atom. The van der Waals surface area contributed by atoms with Gasteiger partial charge in [-0.3, -0.25) is 18.8 Å². The third kappa shape index (κ3) is 3.43. The third-order valence-electron chi connectivity index (χ3n) is 5.31. The third-order valence-corrected chi connectivity index (χ3v) is 5.31. The molecular formula is C22H21N5O4. The van der Waals surface area contributed by atoms with Crippen molar-refractivity contribution in [3.8, 4) is 5.69 Å². The highest BCUT2D eigenvalue weighted by Gasteiger charge is 2.19. The summed E-state index contributed by atoms with van der Waals surface area (Å²) in [6.07, 6.45) is 2.82. The lowest BCUT2D eigenvalue weighted by Crippen LogP contribution is -2.24. The van der Waals surface area contributed by atoms with Crippen LogP contribution in [-0.2, 0) is 18.3 Å². The first-order valence-electron chi connectivity index (χ1n) is 9.60. The lowest BCUT2D eigenvalue weighted by molar-refractivity contribution is 0.0600. The number of ketones is 1. The van der Waals surface area contributed by atoms with Crippen LogP contribution in [0.15, 0.2) is 47.7 Å². The van der Waals surface area contributed by atoms with Gasteiger partial charge in [0.05, 0.1) is 25.4 Å². The fraction of sp³-hybridized carbons (Fsp3) is 0.227. The summed E-state index contributed by atoms with van der Waals surface area (Å²) in [5.74, 6) is -0.606. The van der Waals surface area contributed by atoms with Gasteiger partial charge < -0.3 is 9.30 Å². The number of nitrogens with zero attached hydrogens (tertiary/aromatic N) is 5. The number of carbonyl (C=O) groups is 2. The van der Waals surface area contributed by atoms with Gasteiger partial charge >= 0.3 is 5.97 Å². The molecule has 0 radical (unpaired) electrons. The van der Waals surface area contributed by atoms with Crippen LogP contribution < -0.4 is 5.56 Å². The maximum Gasteiger partial charge on any atom is 0.337 e. The lowest BCUT2D eigenvalue weighted by Gasteiger charge is -2.11. The van der Waals surface area contributed by atoms with Crippen molar-refractivity contribution in [3.05, 3.63) is 75.7 Å². The molecule has 3 heterocycles. The Morgan fingerprint density at radius 3 is 2.52 bits per heavy atom. The molecule has 158 valence electrons. The smallest absolute Gasteiger partial charge is 0.337 e. The van der Waals surface area contributed by atoms with E-state index in [1.807, 2.05) is 18.4 Å². The molecule has 1 aromatic carbocycles. The molecule has 9 nitrogen and oxygen atoms in total. The number of hydrogen-bond acceptors (Lipinski definition) is 6. The Bertz CT molecular complexity index is 1380. The van der Waals surface area contributed by atoms with Gasteiger partial charge in [0.15, 0.2) is 11.4 Å². The van der Waals surface area contributed by atoms with Gasteiger partial charge in [-0.2, -0.15) is 5.10 Å². The summed E-state index contributed by atoms with van der Waals surface area (Å²) in [6, 6.07) is 8.75. The topological polar surface area (TPSA) is 101 Å². The van der Waals surface area contributed by atoms with Crippen molar-refractivity contribution in [2.75, 3.05) is 7.11 Å². The van der Waals surface area contributed by atoms with Crippen LogP contribution in [0, 0.1) is 13.8 Å². The summed E-state index contributed by atoms with van der Waals surface area (Å²) in [6.45, 7) is 3.62. The zero-order chi connectivity index (χ0) is 22.3. The normalized spacial score (nSPS) is 11.1. The molecule has 0 saturated carbocycles. The van der Waals surface area contributed by atoms with Crippen molar-refractivity contribution >= 4 is 22.8 Å². The molecule has 0 aliphatic carbocycles. The van der Waals surface area contributed by atoms with E-state index in [4.69, 9.17) is 4.74 Å². The molecule has 4 aromatic rings. The molecule has 0 spiro atoms. The number of methoxy groups -OCH3 is 1. The maximum absolute atomic E-state index is 13.0. The Labute approximate surface area is 177 Å². The van der Waals surface area contributed by atoms with Crippen LogP contribution >= 0.6 is 0 Å². The number of ether oxygens (including phenoxy) is 1. The maximum atomic E-state index is 13.0. The van der Waals surface area contributed by atoms with Crippen molar-refractivity contribution in [2.24, 2.45) is 7.05 Å². The lowest BCUT2D eigenvalue weighted by atomic mass is 10.1. The summed E-state index contributed by atoms with van der Waals surface area (Å²) < 4.78 is 9.47. The highest BCUT2D eigenvalue weighted by Crippen LogP contribution is 2.22. The molecule has 0 atom stereocenters. The molecule has 0 N–H and O–H groups in total. The van der Waals surface area contributed by atoms with Crippen LogP contribution in [0.25, 0.3) is 16.7 Å². The molecular weight excluding hydrogens is 398 g/mol. The molecule has 0 aliphatic heterocycles. The van der Waals surface area contributed by atoms with Gasteiger partial charge in [-0.25, -0.2) is 9.78 Å². The summed E-state index contributed by atoms with van der Waals surface area (Å²) >= 11 is 0. The molecule has 9 heteroatoms. The van der Waals surface area contributed by atoms with Crippen molar-refractivity contribution in [3.63, 3.8) is 0 Å². The number of esters is 1. The van der Waals surface area contributed by atoms with E-state index in [-0.39, 0.29) is 17.9 Å². The Balaban J connectivity index is 1.65. The van der Waals surface area contributed by atoms with Crippen LogP contribution in [0.1, 0.15) is 32.1 Å². The van der Waals surface area contributed by atoms with E-state index in [0.29, 0.717) is 22.2 Å². The van der Waals surface area contributed by atoms with Crippen LogP contribution in [0.2, 0.25) is 0 Å².